The summed E-state index contributed by atoms with van der Waals surface area (Å²) >= 11 is 10.6. The maximum atomic E-state index is 6.33. The molecule has 0 heterocycles. The quantitative estimate of drug-likeness (QED) is 0.125. The van der Waals surface area contributed by atoms with Crippen molar-refractivity contribution in [3.8, 4) is 0 Å². The van der Waals surface area contributed by atoms with Crippen molar-refractivity contribution in [2.24, 2.45) is 0 Å². The van der Waals surface area contributed by atoms with E-state index in [1.54, 1.807) is 0 Å². The first-order valence-electron chi connectivity index (χ1n) is 9.36. The molecule has 0 aliphatic carbocycles. The minimum Gasteiger partial charge on any atom is -0.179 e. The van der Waals surface area contributed by atoms with Crippen LogP contribution in [0.2, 0.25) is 19.1 Å². The average Bonchev–Trinajstić information content (AvgIpc) is 2.42. The van der Waals surface area contributed by atoms with Crippen molar-refractivity contribution in [1.82, 2.24) is 0 Å². The Morgan fingerprint density at radius 1 is 0.571 bits per heavy atom. The molecule has 0 radical (unpaired) electrons. The first-order valence-corrected chi connectivity index (χ1v) is 14.2. The van der Waals surface area contributed by atoms with Crippen molar-refractivity contribution in [3.05, 3.63) is 0 Å². The summed E-state index contributed by atoms with van der Waals surface area (Å²) < 4.78 is 0. The molecule has 0 aliphatic rings. The van der Waals surface area contributed by atoms with Gasteiger partial charge in [-0.1, -0.05) is 96.6 Å². The van der Waals surface area contributed by atoms with Gasteiger partial charge in [0.1, 0.15) is 7.38 Å². The van der Waals surface area contributed by atoms with E-state index in [9.17, 15) is 0 Å². The molecule has 0 saturated heterocycles. The van der Waals surface area contributed by atoms with Crippen molar-refractivity contribution in [3.63, 3.8) is 0 Å². The van der Waals surface area contributed by atoms with Gasteiger partial charge in [0.15, 0.2) is 0 Å². The third-order valence-electron chi connectivity index (χ3n) is 4.18. The maximum absolute atomic E-state index is 6.33. The Bertz CT molecular complexity index is 204. The highest BCUT2D eigenvalue weighted by molar-refractivity contribution is 7.80. The first-order chi connectivity index (χ1) is 10.1. The predicted molar refractivity (Wildman–Crippen MR) is 107 cm³/mol. The van der Waals surface area contributed by atoms with Crippen LogP contribution in [0.4, 0.5) is 0 Å². The van der Waals surface area contributed by atoms with Gasteiger partial charge in [-0.2, -0.15) is 23.7 Å². The maximum Gasteiger partial charge on any atom is 0.150 e. The molecule has 0 nitrogen and oxygen atoms in total. The highest BCUT2D eigenvalue weighted by Gasteiger charge is 2.15. The zero-order valence-electron chi connectivity index (χ0n) is 14.6. The molecule has 0 aromatic carbocycles. The lowest BCUT2D eigenvalue weighted by Gasteiger charge is -2.11. The molecule has 0 aromatic heterocycles. The summed E-state index contributed by atoms with van der Waals surface area (Å²) in [6.45, 7) is 4.52. The van der Waals surface area contributed by atoms with Crippen LogP contribution >= 0.6 is 23.7 Å². The van der Waals surface area contributed by atoms with E-state index in [4.69, 9.17) is 11.1 Å². The van der Waals surface area contributed by atoms with Gasteiger partial charge in [-0.25, -0.2) is 0 Å². The molecule has 128 valence electrons. The molecule has 0 amide bonds. The fraction of sp³-hybridized carbons (Fsp3) is 1.00. The smallest absolute Gasteiger partial charge is 0.150 e. The molecule has 0 rings (SSSR count). The van der Waals surface area contributed by atoms with E-state index < -0.39 is 7.38 Å². The van der Waals surface area contributed by atoms with Crippen molar-refractivity contribution in [2.45, 2.75) is 109 Å². The summed E-state index contributed by atoms with van der Waals surface area (Å²) in [7, 11) is -1.29. The van der Waals surface area contributed by atoms with Crippen LogP contribution in [0.3, 0.4) is 0 Å². The van der Waals surface area contributed by atoms with Crippen molar-refractivity contribution >= 4 is 31.1 Å². The zero-order chi connectivity index (χ0) is 15.8. The fourth-order valence-electron chi connectivity index (χ4n) is 2.78. The highest BCUT2D eigenvalue weighted by atomic mass is 35.6. The van der Waals surface area contributed by atoms with Gasteiger partial charge < -0.3 is 0 Å². The Morgan fingerprint density at radius 2 is 0.857 bits per heavy atom. The molecular formula is C18H39ClSSi. The van der Waals surface area contributed by atoms with Crippen molar-refractivity contribution < 1.29 is 0 Å². The lowest BCUT2D eigenvalue weighted by atomic mass is 10.0. The first kappa shape index (κ1) is 21.9. The van der Waals surface area contributed by atoms with E-state index in [-0.39, 0.29) is 0 Å². The van der Waals surface area contributed by atoms with Gasteiger partial charge in [0.05, 0.1) is 0 Å². The van der Waals surface area contributed by atoms with E-state index in [1.165, 1.54) is 95.9 Å². The Labute approximate surface area is 145 Å². The minimum atomic E-state index is -1.29. The van der Waals surface area contributed by atoms with Gasteiger partial charge >= 0.3 is 0 Å². The second-order valence-electron chi connectivity index (χ2n) is 7.14. The van der Waals surface area contributed by atoms with Crippen LogP contribution in [0.1, 0.15) is 89.9 Å². The third-order valence-corrected chi connectivity index (χ3v) is 6.61. The summed E-state index contributed by atoms with van der Waals surface area (Å²) in [4.78, 5) is 0. The largest absolute Gasteiger partial charge is 0.179 e. The summed E-state index contributed by atoms with van der Waals surface area (Å²) in [5.74, 6) is 1.06. The molecule has 0 N–H and O–H groups in total. The minimum absolute atomic E-state index is 1.06. The van der Waals surface area contributed by atoms with Gasteiger partial charge in [0.2, 0.25) is 0 Å². The zero-order valence-corrected chi connectivity index (χ0v) is 17.3. The Kier molecular flexibility index (Phi) is 16.4. The summed E-state index contributed by atoms with van der Waals surface area (Å²) in [5, 5.41) is 0. The predicted octanol–water partition coefficient (Wildman–Crippen LogP) is 7.82. The van der Waals surface area contributed by atoms with Crippen LogP contribution in [0, 0.1) is 0 Å². The lowest BCUT2D eigenvalue weighted by Crippen LogP contribution is -2.14. The molecule has 0 saturated carbocycles. The van der Waals surface area contributed by atoms with Crippen LogP contribution in [0.5, 0.6) is 0 Å². The standard InChI is InChI=1S/C18H39ClSSi/c1-21(2,19)18-16-14-12-10-8-6-4-3-5-7-9-11-13-15-17-20/h20H,3-18H2,1-2H3. The number of hydrogen-bond donors (Lipinski definition) is 1. The molecule has 0 aliphatic heterocycles. The molecule has 0 bridgehead atoms. The fourth-order valence-corrected chi connectivity index (χ4v) is 4.49. The summed E-state index contributed by atoms with van der Waals surface area (Å²) in [6.07, 6.45) is 19.9. The molecule has 0 fully saturated rings. The molecule has 0 unspecified atom stereocenters. The van der Waals surface area contributed by atoms with E-state index in [0.717, 1.165) is 5.75 Å². The van der Waals surface area contributed by atoms with Gasteiger partial charge in [0, 0.05) is 0 Å². The number of unbranched alkanes of at least 4 members (excludes halogenated alkanes) is 13. The van der Waals surface area contributed by atoms with Crippen LogP contribution in [-0.4, -0.2) is 13.1 Å². The van der Waals surface area contributed by atoms with Gasteiger partial charge in [-0.15, -0.1) is 0 Å². The van der Waals surface area contributed by atoms with Gasteiger partial charge in [-0.05, 0) is 18.2 Å². The average molecular weight is 351 g/mol. The van der Waals surface area contributed by atoms with Gasteiger partial charge in [0.25, 0.3) is 0 Å². The number of thiol groups is 1. The van der Waals surface area contributed by atoms with Crippen molar-refractivity contribution in [1.29, 1.82) is 0 Å². The van der Waals surface area contributed by atoms with E-state index in [0.29, 0.717) is 0 Å². The second kappa shape index (κ2) is 15.7. The van der Waals surface area contributed by atoms with Gasteiger partial charge in [-0.3, -0.25) is 0 Å². The van der Waals surface area contributed by atoms with E-state index in [2.05, 4.69) is 25.7 Å². The topological polar surface area (TPSA) is 0 Å². The monoisotopic (exact) mass is 350 g/mol. The SMILES string of the molecule is C[Si](C)(Cl)CCCCCCCCCCCCCCCCS. The Balaban J connectivity index is 3.00. The number of hydrogen-bond acceptors (Lipinski definition) is 1. The lowest BCUT2D eigenvalue weighted by molar-refractivity contribution is 0.538. The van der Waals surface area contributed by atoms with Crippen LogP contribution in [-0.2, 0) is 0 Å². The molecule has 0 spiro atoms. The van der Waals surface area contributed by atoms with Crippen LogP contribution in [0.25, 0.3) is 0 Å². The number of rotatable bonds is 16. The molecule has 3 heteroatoms. The Morgan fingerprint density at radius 3 is 1.14 bits per heavy atom. The second-order valence-corrected chi connectivity index (χ2v) is 14.6. The summed E-state index contributed by atoms with van der Waals surface area (Å²) in [5.41, 5.74) is 0. The summed E-state index contributed by atoms with van der Waals surface area (Å²) in [6, 6.07) is 1.29. The van der Waals surface area contributed by atoms with Crippen LogP contribution < -0.4 is 0 Å². The van der Waals surface area contributed by atoms with Crippen LogP contribution in [0.15, 0.2) is 0 Å². The molecule has 0 aromatic rings. The van der Waals surface area contributed by atoms with Crippen molar-refractivity contribution in [2.75, 3.05) is 5.75 Å². The highest BCUT2D eigenvalue weighted by Crippen LogP contribution is 2.19. The molecule has 0 atom stereocenters. The molecule has 21 heavy (non-hydrogen) atoms. The number of halogens is 1. The Hall–Kier alpha value is 0.857. The van der Waals surface area contributed by atoms with E-state index >= 15 is 0 Å². The van der Waals surface area contributed by atoms with E-state index in [1.807, 2.05) is 0 Å². The normalized spacial score (nSPS) is 12.0. The third kappa shape index (κ3) is 20.9. The molecular weight excluding hydrogens is 312 g/mol.